The van der Waals surface area contributed by atoms with Gasteiger partial charge in [-0.3, -0.25) is 4.79 Å². The molecule has 1 aromatic carbocycles. The van der Waals surface area contributed by atoms with E-state index in [4.69, 9.17) is 11.6 Å². The van der Waals surface area contributed by atoms with Crippen LogP contribution >= 0.6 is 22.9 Å². The van der Waals surface area contributed by atoms with E-state index in [1.54, 1.807) is 34.2 Å². The lowest BCUT2D eigenvalue weighted by atomic mass is 10.2. The van der Waals surface area contributed by atoms with E-state index in [9.17, 15) is 4.79 Å². The average molecular weight is 369 g/mol. The number of carbonyl (C=O) groups is 1. The lowest BCUT2D eigenvalue weighted by Gasteiger charge is -2.08. The van der Waals surface area contributed by atoms with Crippen LogP contribution in [-0.2, 0) is 0 Å². The first kappa shape index (κ1) is 15.8. The zero-order valence-electron chi connectivity index (χ0n) is 13.2. The number of hydrogen-bond donors (Lipinski definition) is 1. The highest BCUT2D eigenvalue weighted by Gasteiger charge is 2.17. The number of halogens is 1. The number of hydrogen-bond acceptors (Lipinski definition) is 4. The Hall–Kier alpha value is -2.70. The predicted octanol–water partition coefficient (Wildman–Crippen LogP) is 4.67. The van der Waals surface area contributed by atoms with Gasteiger partial charge in [0.25, 0.3) is 5.91 Å². The largest absolute Gasteiger partial charge is 0.322 e. The summed E-state index contributed by atoms with van der Waals surface area (Å²) in [6.07, 6.45) is 3.22. The number of rotatable bonds is 3. The molecule has 25 heavy (non-hydrogen) atoms. The molecule has 7 heteroatoms. The Kier molecular flexibility index (Phi) is 3.99. The number of fused-ring (bicyclic) bond motifs is 1. The fraction of sp³-hybridized carbons (Fsp3) is 0.0556. The van der Waals surface area contributed by atoms with Crippen molar-refractivity contribution in [3.63, 3.8) is 0 Å². The second kappa shape index (κ2) is 6.31. The van der Waals surface area contributed by atoms with E-state index in [0.29, 0.717) is 21.9 Å². The second-order valence-corrected chi connectivity index (χ2v) is 6.90. The Morgan fingerprint density at radius 3 is 2.96 bits per heavy atom. The summed E-state index contributed by atoms with van der Waals surface area (Å²) < 4.78 is 1.69. The van der Waals surface area contributed by atoms with E-state index in [1.807, 2.05) is 36.6 Å². The van der Waals surface area contributed by atoms with Crippen LogP contribution in [0.5, 0.6) is 0 Å². The van der Waals surface area contributed by atoms with Gasteiger partial charge < -0.3 is 5.32 Å². The summed E-state index contributed by atoms with van der Waals surface area (Å²) in [4.78, 5) is 18.1. The standard InChI is InChI=1S/C18H13ClN4OS/c1-11-4-5-12(19)9-14(11)22-18(24)13-10-21-23-15(6-7-20-17(13)23)16-3-2-8-25-16/h2-10H,1H3,(H,22,24). The molecule has 0 spiro atoms. The van der Waals surface area contributed by atoms with Gasteiger partial charge in [0.1, 0.15) is 5.56 Å². The number of nitrogens with one attached hydrogen (secondary N) is 1. The number of nitrogens with zero attached hydrogens (tertiary/aromatic N) is 3. The molecule has 0 aliphatic carbocycles. The highest BCUT2D eigenvalue weighted by Crippen LogP contribution is 2.26. The van der Waals surface area contributed by atoms with E-state index < -0.39 is 0 Å². The van der Waals surface area contributed by atoms with Crippen LogP contribution in [0.1, 0.15) is 15.9 Å². The molecule has 5 nitrogen and oxygen atoms in total. The maximum Gasteiger partial charge on any atom is 0.261 e. The molecule has 0 atom stereocenters. The SMILES string of the molecule is Cc1ccc(Cl)cc1NC(=O)c1cnn2c(-c3cccs3)ccnc12. The van der Waals surface area contributed by atoms with Crippen molar-refractivity contribution >= 4 is 40.2 Å². The van der Waals surface area contributed by atoms with Gasteiger partial charge in [0, 0.05) is 16.9 Å². The first-order valence-corrected chi connectivity index (χ1v) is 8.83. The molecule has 1 N–H and O–H groups in total. The van der Waals surface area contributed by atoms with E-state index in [1.165, 1.54) is 6.20 Å². The lowest BCUT2D eigenvalue weighted by molar-refractivity contribution is 0.102. The van der Waals surface area contributed by atoms with Gasteiger partial charge >= 0.3 is 0 Å². The lowest BCUT2D eigenvalue weighted by Crippen LogP contribution is -2.13. The third-order valence-electron chi connectivity index (χ3n) is 3.87. The van der Waals surface area contributed by atoms with E-state index >= 15 is 0 Å². The van der Waals surface area contributed by atoms with Crippen LogP contribution < -0.4 is 5.32 Å². The Labute approximate surface area is 152 Å². The first-order chi connectivity index (χ1) is 12.1. The van der Waals surface area contributed by atoms with Crippen molar-refractivity contribution in [3.05, 3.63) is 70.3 Å². The molecule has 0 saturated carbocycles. The Bertz CT molecular complexity index is 1070. The van der Waals surface area contributed by atoms with E-state index in [2.05, 4.69) is 15.4 Å². The van der Waals surface area contributed by atoms with Crippen molar-refractivity contribution in [1.29, 1.82) is 0 Å². The number of amides is 1. The van der Waals surface area contributed by atoms with Gasteiger partial charge in [0.15, 0.2) is 5.65 Å². The highest BCUT2D eigenvalue weighted by molar-refractivity contribution is 7.13. The molecule has 4 aromatic rings. The van der Waals surface area contributed by atoms with Gasteiger partial charge in [-0.15, -0.1) is 11.3 Å². The van der Waals surface area contributed by atoms with Crippen LogP contribution in [0.2, 0.25) is 5.02 Å². The molecule has 0 saturated heterocycles. The number of thiophene rings is 1. The number of benzene rings is 1. The van der Waals surface area contributed by atoms with Crippen LogP contribution in [0.3, 0.4) is 0 Å². The maximum atomic E-state index is 12.7. The van der Waals surface area contributed by atoms with Crippen molar-refractivity contribution in [3.8, 4) is 10.6 Å². The second-order valence-electron chi connectivity index (χ2n) is 5.51. The fourth-order valence-electron chi connectivity index (χ4n) is 2.58. The smallest absolute Gasteiger partial charge is 0.261 e. The summed E-state index contributed by atoms with van der Waals surface area (Å²) in [7, 11) is 0. The summed E-state index contributed by atoms with van der Waals surface area (Å²) in [5.41, 5.74) is 3.44. The average Bonchev–Trinajstić information content (AvgIpc) is 3.27. The Morgan fingerprint density at radius 1 is 1.28 bits per heavy atom. The van der Waals surface area contributed by atoms with Crippen molar-refractivity contribution in [2.45, 2.75) is 6.92 Å². The van der Waals surface area contributed by atoms with Gasteiger partial charge in [-0.1, -0.05) is 23.7 Å². The van der Waals surface area contributed by atoms with Crippen LogP contribution in [0.15, 0.2) is 54.2 Å². The minimum absolute atomic E-state index is 0.267. The summed E-state index contributed by atoms with van der Waals surface area (Å²) in [5, 5.41) is 9.81. The van der Waals surface area contributed by atoms with Crippen molar-refractivity contribution in [1.82, 2.24) is 14.6 Å². The molecule has 0 aliphatic heterocycles. The minimum atomic E-state index is -0.267. The van der Waals surface area contributed by atoms with Gasteiger partial charge in [0.2, 0.25) is 0 Å². The predicted molar refractivity (Wildman–Crippen MR) is 100 cm³/mol. The normalized spacial score (nSPS) is 11.0. The third kappa shape index (κ3) is 2.90. The minimum Gasteiger partial charge on any atom is -0.322 e. The topological polar surface area (TPSA) is 59.3 Å². The molecule has 3 heterocycles. The van der Waals surface area contributed by atoms with Crippen LogP contribution in [0.4, 0.5) is 5.69 Å². The Morgan fingerprint density at radius 2 is 2.16 bits per heavy atom. The highest BCUT2D eigenvalue weighted by atomic mass is 35.5. The number of aryl methyl sites for hydroxylation is 1. The fourth-order valence-corrected chi connectivity index (χ4v) is 3.49. The van der Waals surface area contributed by atoms with Crippen LogP contribution in [0, 0.1) is 6.92 Å². The van der Waals surface area contributed by atoms with Crippen LogP contribution in [-0.4, -0.2) is 20.5 Å². The number of anilines is 1. The summed E-state index contributed by atoms with van der Waals surface area (Å²) in [6, 6.07) is 11.2. The van der Waals surface area contributed by atoms with Gasteiger partial charge in [-0.05, 0) is 42.1 Å². The third-order valence-corrected chi connectivity index (χ3v) is 4.99. The van der Waals surface area contributed by atoms with E-state index in [-0.39, 0.29) is 5.91 Å². The molecule has 4 rings (SSSR count). The van der Waals surface area contributed by atoms with Crippen LogP contribution in [0.25, 0.3) is 16.2 Å². The molecule has 0 unspecified atom stereocenters. The zero-order chi connectivity index (χ0) is 17.4. The molecule has 3 aromatic heterocycles. The molecule has 0 fully saturated rings. The summed E-state index contributed by atoms with van der Waals surface area (Å²) >= 11 is 7.63. The van der Waals surface area contributed by atoms with Crippen molar-refractivity contribution in [2.75, 3.05) is 5.32 Å². The zero-order valence-corrected chi connectivity index (χ0v) is 14.8. The first-order valence-electron chi connectivity index (χ1n) is 7.57. The molecular weight excluding hydrogens is 356 g/mol. The molecular formula is C18H13ClN4OS. The Balaban J connectivity index is 1.74. The quantitative estimate of drug-likeness (QED) is 0.571. The summed E-state index contributed by atoms with van der Waals surface area (Å²) in [6.45, 7) is 1.91. The van der Waals surface area contributed by atoms with E-state index in [0.717, 1.165) is 16.1 Å². The maximum absolute atomic E-state index is 12.7. The van der Waals surface area contributed by atoms with Gasteiger partial charge in [-0.25, -0.2) is 9.50 Å². The summed E-state index contributed by atoms with van der Waals surface area (Å²) in [5.74, 6) is -0.267. The monoisotopic (exact) mass is 368 g/mol. The number of carbonyl (C=O) groups excluding carboxylic acids is 1. The molecule has 0 radical (unpaired) electrons. The van der Waals surface area contributed by atoms with Gasteiger partial charge in [-0.2, -0.15) is 5.10 Å². The molecule has 0 aliphatic rings. The van der Waals surface area contributed by atoms with Crippen molar-refractivity contribution in [2.24, 2.45) is 0 Å². The molecule has 1 amide bonds. The van der Waals surface area contributed by atoms with Gasteiger partial charge in [0.05, 0.1) is 16.8 Å². The molecule has 0 bridgehead atoms. The number of aromatic nitrogens is 3. The van der Waals surface area contributed by atoms with Crippen molar-refractivity contribution < 1.29 is 4.79 Å². The molecule has 124 valence electrons.